The summed E-state index contributed by atoms with van der Waals surface area (Å²) in [7, 11) is 0. The number of H-pyrrole nitrogens is 1. The van der Waals surface area contributed by atoms with Crippen LogP contribution in [0.5, 0.6) is 0 Å². The van der Waals surface area contributed by atoms with Gasteiger partial charge in [-0.05, 0) is 17.7 Å². The summed E-state index contributed by atoms with van der Waals surface area (Å²) < 4.78 is 0. The first-order valence-electron chi connectivity index (χ1n) is 5.84. The van der Waals surface area contributed by atoms with Crippen LogP contribution in [0.1, 0.15) is 19.4 Å². The average molecular weight is 282 g/mol. The first kappa shape index (κ1) is 13.5. The summed E-state index contributed by atoms with van der Waals surface area (Å²) in [5.41, 5.74) is 1.23. The van der Waals surface area contributed by atoms with Gasteiger partial charge < -0.3 is 10.3 Å². The SMILES string of the molecule is CC(C)NCc1ccc(Cl)cc1Sc1ncc[nH]1. The Morgan fingerprint density at radius 1 is 1.44 bits per heavy atom. The second-order valence-corrected chi connectivity index (χ2v) is 5.75. The van der Waals surface area contributed by atoms with Crippen LogP contribution in [0.25, 0.3) is 0 Å². The lowest BCUT2D eigenvalue weighted by molar-refractivity contribution is 0.585. The number of imidazole rings is 1. The molecule has 0 aliphatic rings. The number of aromatic amines is 1. The van der Waals surface area contributed by atoms with Crippen molar-refractivity contribution in [2.24, 2.45) is 0 Å². The maximum Gasteiger partial charge on any atom is 0.170 e. The van der Waals surface area contributed by atoms with Gasteiger partial charge in [0.05, 0.1) is 0 Å². The van der Waals surface area contributed by atoms with Gasteiger partial charge in [-0.25, -0.2) is 4.98 Å². The third kappa shape index (κ3) is 3.77. The Morgan fingerprint density at radius 3 is 2.94 bits per heavy atom. The Balaban J connectivity index is 2.17. The molecule has 0 radical (unpaired) electrons. The molecule has 0 bridgehead atoms. The number of nitrogens with zero attached hydrogens (tertiary/aromatic N) is 1. The molecule has 0 unspecified atom stereocenters. The van der Waals surface area contributed by atoms with E-state index in [2.05, 4.69) is 35.2 Å². The van der Waals surface area contributed by atoms with Crippen molar-refractivity contribution < 1.29 is 0 Å². The van der Waals surface area contributed by atoms with E-state index in [4.69, 9.17) is 11.6 Å². The highest BCUT2D eigenvalue weighted by molar-refractivity contribution is 7.99. The molecule has 0 aliphatic carbocycles. The molecule has 2 rings (SSSR count). The standard InChI is InChI=1S/C13H16ClN3S/c1-9(2)17-8-10-3-4-11(14)7-12(10)18-13-15-5-6-16-13/h3-7,9,17H,8H2,1-2H3,(H,15,16). The second-order valence-electron chi connectivity index (χ2n) is 4.28. The predicted octanol–water partition coefficient (Wildman–Crippen LogP) is 3.71. The van der Waals surface area contributed by atoms with E-state index >= 15 is 0 Å². The molecule has 96 valence electrons. The van der Waals surface area contributed by atoms with E-state index in [-0.39, 0.29) is 0 Å². The molecule has 0 amide bonds. The normalized spacial score (nSPS) is 11.1. The van der Waals surface area contributed by atoms with Gasteiger partial charge in [-0.15, -0.1) is 0 Å². The first-order valence-corrected chi connectivity index (χ1v) is 7.03. The van der Waals surface area contributed by atoms with Crippen LogP contribution in [0, 0.1) is 0 Å². The quantitative estimate of drug-likeness (QED) is 0.878. The van der Waals surface area contributed by atoms with Gasteiger partial charge in [-0.2, -0.15) is 0 Å². The fraction of sp³-hybridized carbons (Fsp3) is 0.308. The molecule has 3 nitrogen and oxygen atoms in total. The van der Waals surface area contributed by atoms with Crippen LogP contribution in [0.3, 0.4) is 0 Å². The molecule has 5 heteroatoms. The molecule has 18 heavy (non-hydrogen) atoms. The van der Waals surface area contributed by atoms with E-state index in [1.54, 1.807) is 18.0 Å². The topological polar surface area (TPSA) is 40.7 Å². The fourth-order valence-electron chi connectivity index (χ4n) is 1.49. The Hall–Kier alpha value is -0.970. The molecule has 0 atom stereocenters. The summed E-state index contributed by atoms with van der Waals surface area (Å²) in [5.74, 6) is 0. The largest absolute Gasteiger partial charge is 0.339 e. The Bertz CT molecular complexity index is 497. The minimum atomic E-state index is 0.460. The third-order valence-electron chi connectivity index (χ3n) is 2.41. The zero-order valence-corrected chi connectivity index (χ0v) is 12.0. The highest BCUT2D eigenvalue weighted by Crippen LogP contribution is 2.30. The highest BCUT2D eigenvalue weighted by Gasteiger charge is 2.07. The van der Waals surface area contributed by atoms with Crippen molar-refractivity contribution >= 4 is 23.4 Å². The number of benzene rings is 1. The smallest absolute Gasteiger partial charge is 0.170 e. The van der Waals surface area contributed by atoms with Crippen molar-refractivity contribution in [1.82, 2.24) is 15.3 Å². The zero-order valence-electron chi connectivity index (χ0n) is 10.4. The minimum Gasteiger partial charge on any atom is -0.339 e. The summed E-state index contributed by atoms with van der Waals surface area (Å²) in [6.45, 7) is 5.10. The van der Waals surface area contributed by atoms with Crippen LogP contribution in [-0.4, -0.2) is 16.0 Å². The molecule has 1 heterocycles. The lowest BCUT2D eigenvalue weighted by atomic mass is 10.2. The molecule has 0 aliphatic heterocycles. The van der Waals surface area contributed by atoms with E-state index in [1.165, 1.54) is 5.56 Å². The molecule has 2 aromatic rings. The van der Waals surface area contributed by atoms with Crippen LogP contribution in [0.2, 0.25) is 5.02 Å². The van der Waals surface area contributed by atoms with E-state index < -0.39 is 0 Å². The van der Waals surface area contributed by atoms with Crippen LogP contribution in [0.15, 0.2) is 40.6 Å². The molecule has 1 aromatic heterocycles. The zero-order chi connectivity index (χ0) is 13.0. The minimum absolute atomic E-state index is 0.460. The van der Waals surface area contributed by atoms with E-state index in [0.29, 0.717) is 6.04 Å². The second kappa shape index (κ2) is 6.27. The number of aromatic nitrogens is 2. The Morgan fingerprint density at radius 2 is 2.28 bits per heavy atom. The van der Waals surface area contributed by atoms with Gasteiger partial charge in [-0.3, -0.25) is 0 Å². The molecule has 0 saturated heterocycles. The molecule has 1 aromatic carbocycles. The Kier molecular flexibility index (Phi) is 4.69. The van der Waals surface area contributed by atoms with Gasteiger partial charge in [0.25, 0.3) is 0 Å². The predicted molar refractivity (Wildman–Crippen MR) is 76.1 cm³/mol. The third-order valence-corrected chi connectivity index (χ3v) is 3.66. The van der Waals surface area contributed by atoms with Crippen molar-refractivity contribution in [3.8, 4) is 0 Å². The number of nitrogens with one attached hydrogen (secondary N) is 2. The lowest BCUT2D eigenvalue weighted by Crippen LogP contribution is -2.22. The van der Waals surface area contributed by atoms with Crippen molar-refractivity contribution in [3.05, 3.63) is 41.2 Å². The molecular weight excluding hydrogens is 266 g/mol. The average Bonchev–Trinajstić information content (AvgIpc) is 2.80. The van der Waals surface area contributed by atoms with Crippen molar-refractivity contribution in [3.63, 3.8) is 0 Å². The molecule has 0 fully saturated rings. The summed E-state index contributed by atoms with van der Waals surface area (Å²) in [6, 6.07) is 6.42. The van der Waals surface area contributed by atoms with Crippen LogP contribution >= 0.6 is 23.4 Å². The van der Waals surface area contributed by atoms with Crippen molar-refractivity contribution in [2.45, 2.75) is 36.5 Å². The van der Waals surface area contributed by atoms with Gasteiger partial charge in [0, 0.05) is 34.9 Å². The van der Waals surface area contributed by atoms with Crippen molar-refractivity contribution in [1.29, 1.82) is 0 Å². The van der Waals surface area contributed by atoms with Crippen molar-refractivity contribution in [2.75, 3.05) is 0 Å². The number of halogens is 1. The summed E-state index contributed by atoms with van der Waals surface area (Å²) in [5, 5.41) is 5.04. The van der Waals surface area contributed by atoms with Gasteiger partial charge in [0.1, 0.15) is 0 Å². The summed E-state index contributed by atoms with van der Waals surface area (Å²) in [4.78, 5) is 8.44. The lowest BCUT2D eigenvalue weighted by Gasteiger charge is -2.12. The summed E-state index contributed by atoms with van der Waals surface area (Å²) in [6.07, 6.45) is 3.57. The fourth-order valence-corrected chi connectivity index (χ4v) is 2.64. The van der Waals surface area contributed by atoms with Crippen LogP contribution in [-0.2, 0) is 6.54 Å². The van der Waals surface area contributed by atoms with E-state index in [9.17, 15) is 0 Å². The number of hydrogen-bond acceptors (Lipinski definition) is 3. The number of rotatable bonds is 5. The Labute approximate surface area is 116 Å². The van der Waals surface area contributed by atoms with Gasteiger partial charge in [-0.1, -0.05) is 43.3 Å². The molecule has 0 saturated carbocycles. The molecule has 2 N–H and O–H groups in total. The molecular formula is C13H16ClN3S. The van der Waals surface area contributed by atoms with E-state index in [1.807, 2.05) is 18.3 Å². The monoisotopic (exact) mass is 281 g/mol. The number of hydrogen-bond donors (Lipinski definition) is 2. The van der Waals surface area contributed by atoms with Gasteiger partial charge in [0.15, 0.2) is 5.16 Å². The maximum absolute atomic E-state index is 6.06. The highest BCUT2D eigenvalue weighted by atomic mass is 35.5. The summed E-state index contributed by atoms with van der Waals surface area (Å²) >= 11 is 7.65. The van der Waals surface area contributed by atoms with Crippen LogP contribution < -0.4 is 5.32 Å². The maximum atomic E-state index is 6.06. The van der Waals surface area contributed by atoms with Gasteiger partial charge in [0.2, 0.25) is 0 Å². The molecule has 0 spiro atoms. The van der Waals surface area contributed by atoms with Gasteiger partial charge >= 0.3 is 0 Å². The first-order chi connectivity index (χ1) is 8.65. The van der Waals surface area contributed by atoms with Crippen LogP contribution in [0.4, 0.5) is 0 Å². The van der Waals surface area contributed by atoms with E-state index in [0.717, 1.165) is 21.6 Å².